The number of amides is 2. The molecule has 3 aromatic rings. The molecule has 0 radical (unpaired) electrons. The van der Waals surface area contributed by atoms with Crippen molar-refractivity contribution in [3.05, 3.63) is 54.1 Å². The number of hydrogen-bond acceptors (Lipinski definition) is 4. The molecule has 3 rings (SSSR count). The SMILES string of the molecule is Cc1cccc(NC(=O)Nc2ccccc2-c2nn[nH]n2)c1. The summed E-state index contributed by atoms with van der Waals surface area (Å²) in [5.41, 5.74) is 3.10. The van der Waals surface area contributed by atoms with Crippen LogP contribution < -0.4 is 10.6 Å². The van der Waals surface area contributed by atoms with E-state index in [2.05, 4.69) is 31.3 Å². The van der Waals surface area contributed by atoms with Crippen LogP contribution in [0.1, 0.15) is 5.56 Å². The largest absolute Gasteiger partial charge is 0.323 e. The molecule has 0 saturated carbocycles. The summed E-state index contributed by atoms with van der Waals surface area (Å²) >= 11 is 0. The molecule has 0 aliphatic rings. The fourth-order valence-corrected chi connectivity index (χ4v) is 2.07. The van der Waals surface area contributed by atoms with Crippen molar-refractivity contribution < 1.29 is 4.79 Å². The van der Waals surface area contributed by atoms with E-state index < -0.39 is 0 Å². The van der Waals surface area contributed by atoms with E-state index in [1.54, 1.807) is 6.07 Å². The molecule has 0 saturated heterocycles. The van der Waals surface area contributed by atoms with Crippen molar-refractivity contribution in [2.24, 2.45) is 0 Å². The number of rotatable bonds is 3. The van der Waals surface area contributed by atoms with Crippen LogP contribution in [-0.2, 0) is 0 Å². The zero-order valence-corrected chi connectivity index (χ0v) is 11.9. The van der Waals surface area contributed by atoms with E-state index in [-0.39, 0.29) is 6.03 Å². The zero-order valence-electron chi connectivity index (χ0n) is 11.9. The third-order valence-corrected chi connectivity index (χ3v) is 3.04. The Bertz CT molecular complexity index is 784. The Morgan fingerprint density at radius 2 is 1.95 bits per heavy atom. The molecule has 0 fully saturated rings. The molecule has 2 aromatic carbocycles. The lowest BCUT2D eigenvalue weighted by atomic mass is 10.1. The third kappa shape index (κ3) is 3.09. The number of aryl methyl sites for hydroxylation is 1. The van der Waals surface area contributed by atoms with E-state index >= 15 is 0 Å². The summed E-state index contributed by atoms with van der Waals surface area (Å²) in [5.74, 6) is 0.423. The standard InChI is InChI=1S/C15H14N6O/c1-10-5-4-6-11(9-10)16-15(22)17-13-8-3-2-7-12(13)14-18-20-21-19-14/h2-9H,1H3,(H2,16,17,22)(H,18,19,20,21). The van der Waals surface area contributed by atoms with Gasteiger partial charge in [-0.15, -0.1) is 10.2 Å². The smallest absolute Gasteiger partial charge is 0.308 e. The van der Waals surface area contributed by atoms with Crippen LogP contribution in [0.25, 0.3) is 11.4 Å². The number of aromatic nitrogens is 4. The van der Waals surface area contributed by atoms with Crippen LogP contribution >= 0.6 is 0 Å². The predicted octanol–water partition coefficient (Wildman–Crippen LogP) is 2.82. The number of H-pyrrole nitrogens is 1. The molecular formula is C15H14N6O. The van der Waals surface area contributed by atoms with E-state index in [0.717, 1.165) is 11.3 Å². The van der Waals surface area contributed by atoms with E-state index in [1.165, 1.54) is 0 Å². The average Bonchev–Trinajstić information content (AvgIpc) is 3.02. The van der Waals surface area contributed by atoms with Crippen molar-refractivity contribution in [1.82, 2.24) is 20.6 Å². The average molecular weight is 294 g/mol. The van der Waals surface area contributed by atoms with E-state index in [4.69, 9.17) is 0 Å². The van der Waals surface area contributed by atoms with Crippen LogP contribution in [0.15, 0.2) is 48.5 Å². The molecule has 0 aliphatic heterocycles. The van der Waals surface area contributed by atoms with E-state index in [0.29, 0.717) is 17.1 Å². The van der Waals surface area contributed by atoms with Gasteiger partial charge in [0.25, 0.3) is 0 Å². The number of urea groups is 1. The minimum Gasteiger partial charge on any atom is -0.308 e. The molecule has 3 N–H and O–H groups in total. The van der Waals surface area contributed by atoms with Gasteiger partial charge in [0.05, 0.1) is 5.69 Å². The number of nitrogens with one attached hydrogen (secondary N) is 3. The van der Waals surface area contributed by atoms with Gasteiger partial charge in [0.2, 0.25) is 5.82 Å². The van der Waals surface area contributed by atoms with Crippen LogP contribution in [0.3, 0.4) is 0 Å². The molecule has 0 spiro atoms. The Morgan fingerprint density at radius 3 is 2.73 bits per heavy atom. The number of anilines is 2. The summed E-state index contributed by atoms with van der Waals surface area (Å²) in [7, 11) is 0. The normalized spacial score (nSPS) is 10.2. The molecule has 7 nitrogen and oxygen atoms in total. The Morgan fingerprint density at radius 1 is 1.09 bits per heavy atom. The second-order valence-corrected chi connectivity index (χ2v) is 4.73. The Kier molecular flexibility index (Phi) is 3.78. The Hall–Kier alpha value is -3.22. The molecule has 1 aromatic heterocycles. The molecule has 1 heterocycles. The van der Waals surface area contributed by atoms with Gasteiger partial charge >= 0.3 is 6.03 Å². The van der Waals surface area contributed by atoms with Crippen LogP contribution in [0.2, 0.25) is 0 Å². The first-order valence-corrected chi connectivity index (χ1v) is 6.70. The van der Waals surface area contributed by atoms with Gasteiger partial charge in [0, 0.05) is 11.3 Å². The summed E-state index contributed by atoms with van der Waals surface area (Å²) in [4.78, 5) is 12.1. The van der Waals surface area contributed by atoms with Crippen LogP contribution in [0, 0.1) is 6.92 Å². The highest BCUT2D eigenvalue weighted by molar-refractivity contribution is 6.01. The lowest BCUT2D eigenvalue weighted by molar-refractivity contribution is 0.262. The molecule has 110 valence electrons. The summed E-state index contributed by atoms with van der Waals surface area (Å²) in [5, 5.41) is 19.4. The second kappa shape index (κ2) is 6.04. The lowest BCUT2D eigenvalue weighted by Gasteiger charge is -2.10. The molecule has 0 unspecified atom stereocenters. The van der Waals surface area contributed by atoms with Gasteiger partial charge < -0.3 is 10.6 Å². The van der Waals surface area contributed by atoms with Crippen LogP contribution in [0.5, 0.6) is 0 Å². The number of carbonyl (C=O) groups excluding carboxylic acids is 1. The first-order valence-electron chi connectivity index (χ1n) is 6.70. The lowest BCUT2D eigenvalue weighted by Crippen LogP contribution is -2.19. The molecule has 0 aliphatic carbocycles. The first-order chi connectivity index (χ1) is 10.7. The van der Waals surface area contributed by atoms with Gasteiger partial charge in [-0.1, -0.05) is 24.3 Å². The van der Waals surface area contributed by atoms with Crippen LogP contribution in [-0.4, -0.2) is 26.7 Å². The van der Waals surface area contributed by atoms with Gasteiger partial charge in [0.1, 0.15) is 0 Å². The highest BCUT2D eigenvalue weighted by atomic mass is 16.2. The van der Waals surface area contributed by atoms with Gasteiger partial charge in [-0.2, -0.15) is 5.21 Å². The molecular weight excluding hydrogens is 280 g/mol. The van der Waals surface area contributed by atoms with E-state index in [1.807, 2.05) is 49.4 Å². The number of carbonyl (C=O) groups is 1. The maximum absolute atomic E-state index is 12.1. The van der Waals surface area contributed by atoms with Crippen molar-refractivity contribution in [3.63, 3.8) is 0 Å². The van der Waals surface area contributed by atoms with Gasteiger partial charge in [-0.05, 0) is 42.0 Å². The minimum absolute atomic E-state index is 0.332. The van der Waals surface area contributed by atoms with Crippen molar-refractivity contribution in [2.75, 3.05) is 10.6 Å². The summed E-state index contributed by atoms with van der Waals surface area (Å²) < 4.78 is 0. The van der Waals surface area contributed by atoms with Gasteiger partial charge in [-0.3, -0.25) is 0 Å². The zero-order chi connectivity index (χ0) is 15.4. The number of hydrogen-bond donors (Lipinski definition) is 3. The summed E-state index contributed by atoms with van der Waals surface area (Å²) in [6, 6.07) is 14.5. The number of para-hydroxylation sites is 1. The fourth-order valence-electron chi connectivity index (χ4n) is 2.07. The summed E-state index contributed by atoms with van der Waals surface area (Å²) in [6.45, 7) is 1.97. The maximum Gasteiger partial charge on any atom is 0.323 e. The molecule has 22 heavy (non-hydrogen) atoms. The predicted molar refractivity (Wildman–Crippen MR) is 83.4 cm³/mol. The topological polar surface area (TPSA) is 95.6 Å². The molecule has 2 amide bonds. The van der Waals surface area contributed by atoms with Crippen molar-refractivity contribution in [3.8, 4) is 11.4 Å². The highest BCUT2D eigenvalue weighted by Gasteiger charge is 2.11. The van der Waals surface area contributed by atoms with Gasteiger partial charge in [-0.25, -0.2) is 4.79 Å². The second-order valence-electron chi connectivity index (χ2n) is 4.73. The fraction of sp³-hybridized carbons (Fsp3) is 0.0667. The quantitative estimate of drug-likeness (QED) is 0.692. The van der Waals surface area contributed by atoms with Crippen LogP contribution in [0.4, 0.5) is 16.2 Å². The molecule has 7 heteroatoms. The highest BCUT2D eigenvalue weighted by Crippen LogP contribution is 2.24. The summed E-state index contributed by atoms with van der Waals surface area (Å²) in [6.07, 6.45) is 0. The maximum atomic E-state index is 12.1. The monoisotopic (exact) mass is 294 g/mol. The van der Waals surface area contributed by atoms with E-state index in [9.17, 15) is 4.79 Å². The number of aromatic amines is 1. The van der Waals surface area contributed by atoms with Gasteiger partial charge in [0.15, 0.2) is 0 Å². The third-order valence-electron chi connectivity index (χ3n) is 3.04. The Balaban J connectivity index is 1.77. The van der Waals surface area contributed by atoms with Crippen molar-refractivity contribution >= 4 is 17.4 Å². The first kappa shape index (κ1) is 13.7. The number of tetrazole rings is 1. The molecule has 0 bridgehead atoms. The van der Waals surface area contributed by atoms with Crippen molar-refractivity contribution in [2.45, 2.75) is 6.92 Å². The molecule has 0 atom stereocenters. The number of benzene rings is 2. The van der Waals surface area contributed by atoms with Crippen molar-refractivity contribution in [1.29, 1.82) is 0 Å². The minimum atomic E-state index is -0.332. The Labute approximate surface area is 126 Å². The number of nitrogens with zero attached hydrogens (tertiary/aromatic N) is 3.